The zero-order valence-corrected chi connectivity index (χ0v) is 20.9. The smallest absolute Gasteiger partial charge is 0.407 e. The lowest BCUT2D eigenvalue weighted by molar-refractivity contribution is 0.0529. The van der Waals surface area contributed by atoms with E-state index in [2.05, 4.69) is 20.9 Å². The minimum Gasteiger partial charge on any atom is -0.497 e. The third-order valence-corrected chi connectivity index (χ3v) is 3.91. The number of rotatable bonds is 9. The standard InChI is InChI=1S/C22H32N4O4.HI/c1-22(2,3)30-21(27)25-14-13-24-20(23-12-11-19-6-5-15-29-19)26-16-17-7-9-18(28-4)10-8-17;/h5-10,15H,11-14,16H2,1-4H3,(H,25,27)(H2,23,24,26);1H. The van der Waals surface area contributed by atoms with E-state index in [4.69, 9.17) is 13.9 Å². The number of methoxy groups -OCH3 is 1. The number of benzene rings is 1. The normalized spacial score (nSPS) is 11.3. The van der Waals surface area contributed by atoms with E-state index in [0.29, 0.717) is 32.1 Å². The Balaban J connectivity index is 0.00000480. The minimum absolute atomic E-state index is 0. The molecule has 0 saturated heterocycles. The van der Waals surface area contributed by atoms with E-state index in [1.807, 2.05) is 57.2 Å². The van der Waals surface area contributed by atoms with E-state index in [9.17, 15) is 4.79 Å². The van der Waals surface area contributed by atoms with Crippen LogP contribution in [0.2, 0.25) is 0 Å². The molecule has 8 nitrogen and oxygen atoms in total. The number of carbonyl (C=O) groups excluding carboxylic acids is 1. The Kier molecular flexibility index (Phi) is 11.8. The summed E-state index contributed by atoms with van der Waals surface area (Å²) in [5, 5.41) is 9.24. The molecule has 0 spiro atoms. The van der Waals surface area contributed by atoms with Crippen molar-refractivity contribution in [2.75, 3.05) is 26.7 Å². The lowest BCUT2D eigenvalue weighted by atomic mass is 10.2. The van der Waals surface area contributed by atoms with Crippen LogP contribution in [0.5, 0.6) is 5.75 Å². The molecule has 2 aromatic rings. The van der Waals surface area contributed by atoms with E-state index < -0.39 is 11.7 Å². The largest absolute Gasteiger partial charge is 0.497 e. The van der Waals surface area contributed by atoms with Crippen LogP contribution in [0.25, 0.3) is 0 Å². The number of ether oxygens (including phenoxy) is 2. The van der Waals surface area contributed by atoms with Gasteiger partial charge in [-0.05, 0) is 50.6 Å². The first-order valence-electron chi connectivity index (χ1n) is 10.00. The average molecular weight is 544 g/mol. The first-order chi connectivity index (χ1) is 14.4. The molecule has 0 bridgehead atoms. The Hall–Kier alpha value is -2.43. The van der Waals surface area contributed by atoms with Crippen LogP contribution >= 0.6 is 24.0 Å². The lowest BCUT2D eigenvalue weighted by Crippen LogP contribution is -2.43. The monoisotopic (exact) mass is 544 g/mol. The molecule has 1 aromatic heterocycles. The van der Waals surface area contributed by atoms with Gasteiger partial charge >= 0.3 is 6.09 Å². The third-order valence-electron chi connectivity index (χ3n) is 3.91. The fourth-order valence-electron chi connectivity index (χ4n) is 2.49. The van der Waals surface area contributed by atoms with Gasteiger partial charge in [-0.25, -0.2) is 9.79 Å². The molecular formula is C22H33IN4O4. The summed E-state index contributed by atoms with van der Waals surface area (Å²) in [7, 11) is 1.64. The van der Waals surface area contributed by atoms with Gasteiger partial charge in [-0.15, -0.1) is 24.0 Å². The molecule has 3 N–H and O–H groups in total. The van der Waals surface area contributed by atoms with Crippen molar-refractivity contribution in [2.24, 2.45) is 4.99 Å². The highest BCUT2D eigenvalue weighted by Crippen LogP contribution is 2.11. The van der Waals surface area contributed by atoms with Crippen molar-refractivity contribution in [3.8, 4) is 5.75 Å². The van der Waals surface area contributed by atoms with Gasteiger partial charge in [-0.3, -0.25) is 0 Å². The summed E-state index contributed by atoms with van der Waals surface area (Å²) in [6, 6.07) is 11.6. The summed E-state index contributed by atoms with van der Waals surface area (Å²) in [5.41, 5.74) is 0.547. The van der Waals surface area contributed by atoms with E-state index in [0.717, 1.165) is 23.5 Å². The average Bonchev–Trinajstić information content (AvgIpc) is 3.21. The van der Waals surface area contributed by atoms with E-state index >= 15 is 0 Å². The SMILES string of the molecule is COc1ccc(CN=C(NCCNC(=O)OC(C)(C)C)NCCc2ccco2)cc1.I. The molecule has 2 rings (SSSR count). The van der Waals surface area contributed by atoms with Gasteiger partial charge in [-0.2, -0.15) is 0 Å². The summed E-state index contributed by atoms with van der Waals surface area (Å²) < 4.78 is 15.8. The number of halogens is 1. The van der Waals surface area contributed by atoms with E-state index in [-0.39, 0.29) is 24.0 Å². The number of nitrogens with zero attached hydrogens (tertiary/aromatic N) is 1. The predicted octanol–water partition coefficient (Wildman–Crippen LogP) is 3.71. The number of nitrogens with one attached hydrogen (secondary N) is 3. The quantitative estimate of drug-likeness (QED) is 0.193. The number of guanidine groups is 1. The highest BCUT2D eigenvalue weighted by atomic mass is 127. The molecule has 9 heteroatoms. The molecule has 0 saturated carbocycles. The first-order valence-corrected chi connectivity index (χ1v) is 10.00. The molecule has 1 aromatic carbocycles. The second kappa shape index (κ2) is 13.8. The van der Waals surface area contributed by atoms with Gasteiger partial charge < -0.3 is 29.8 Å². The minimum atomic E-state index is -0.518. The second-order valence-electron chi connectivity index (χ2n) is 7.62. The Morgan fingerprint density at radius 1 is 1.03 bits per heavy atom. The summed E-state index contributed by atoms with van der Waals surface area (Å²) in [5.74, 6) is 2.37. The first kappa shape index (κ1) is 26.6. The Bertz CT molecular complexity index is 787. The van der Waals surface area contributed by atoms with Crippen molar-refractivity contribution < 1.29 is 18.7 Å². The number of hydrogen-bond acceptors (Lipinski definition) is 5. The van der Waals surface area contributed by atoms with Crippen molar-refractivity contribution in [2.45, 2.75) is 39.3 Å². The van der Waals surface area contributed by atoms with E-state index in [1.54, 1.807) is 13.4 Å². The predicted molar refractivity (Wildman–Crippen MR) is 132 cm³/mol. The molecule has 31 heavy (non-hydrogen) atoms. The van der Waals surface area contributed by atoms with Crippen LogP contribution in [0, 0.1) is 0 Å². The summed E-state index contributed by atoms with van der Waals surface area (Å²) in [6.07, 6.45) is 1.97. The number of hydrogen-bond donors (Lipinski definition) is 3. The topological polar surface area (TPSA) is 97.1 Å². The molecular weight excluding hydrogens is 511 g/mol. The fourth-order valence-corrected chi connectivity index (χ4v) is 2.49. The van der Waals surface area contributed by atoms with Crippen LogP contribution < -0.4 is 20.7 Å². The molecule has 0 aliphatic rings. The van der Waals surface area contributed by atoms with Crippen LogP contribution in [-0.4, -0.2) is 44.4 Å². The summed E-state index contributed by atoms with van der Waals surface area (Å²) in [4.78, 5) is 16.4. The highest BCUT2D eigenvalue weighted by molar-refractivity contribution is 14.0. The highest BCUT2D eigenvalue weighted by Gasteiger charge is 2.15. The molecule has 0 aliphatic heterocycles. The maximum Gasteiger partial charge on any atom is 0.407 e. The summed E-state index contributed by atoms with van der Waals surface area (Å²) >= 11 is 0. The number of alkyl carbamates (subject to hydrolysis) is 1. The number of aliphatic imine (C=N–C) groups is 1. The Morgan fingerprint density at radius 3 is 2.32 bits per heavy atom. The van der Waals surface area contributed by atoms with Gasteiger partial charge in [0.05, 0.1) is 19.9 Å². The van der Waals surface area contributed by atoms with Crippen LogP contribution in [0.4, 0.5) is 4.79 Å². The van der Waals surface area contributed by atoms with Gasteiger partial charge in [0, 0.05) is 26.1 Å². The third kappa shape index (κ3) is 11.5. The van der Waals surface area contributed by atoms with Crippen molar-refractivity contribution >= 4 is 36.0 Å². The molecule has 0 atom stereocenters. The zero-order valence-electron chi connectivity index (χ0n) is 18.6. The van der Waals surface area contributed by atoms with Crippen molar-refractivity contribution in [1.82, 2.24) is 16.0 Å². The fraction of sp³-hybridized carbons (Fsp3) is 0.455. The lowest BCUT2D eigenvalue weighted by Gasteiger charge is -2.20. The maximum atomic E-state index is 11.7. The maximum absolute atomic E-state index is 11.7. The molecule has 1 amide bonds. The number of furan rings is 1. The number of carbonyl (C=O) groups is 1. The second-order valence-corrected chi connectivity index (χ2v) is 7.62. The Morgan fingerprint density at radius 2 is 1.71 bits per heavy atom. The van der Waals surface area contributed by atoms with Crippen LogP contribution in [0.15, 0.2) is 52.1 Å². The van der Waals surface area contributed by atoms with Crippen LogP contribution in [0.3, 0.4) is 0 Å². The van der Waals surface area contributed by atoms with Crippen molar-refractivity contribution in [1.29, 1.82) is 0 Å². The molecule has 0 radical (unpaired) electrons. The molecule has 0 aliphatic carbocycles. The van der Waals surface area contributed by atoms with Gasteiger partial charge in [0.15, 0.2) is 5.96 Å². The zero-order chi connectivity index (χ0) is 21.8. The van der Waals surface area contributed by atoms with Crippen LogP contribution in [-0.2, 0) is 17.7 Å². The van der Waals surface area contributed by atoms with Crippen LogP contribution in [0.1, 0.15) is 32.1 Å². The van der Waals surface area contributed by atoms with E-state index in [1.165, 1.54) is 0 Å². The van der Waals surface area contributed by atoms with Gasteiger partial charge in [-0.1, -0.05) is 12.1 Å². The van der Waals surface area contributed by atoms with Crippen molar-refractivity contribution in [3.63, 3.8) is 0 Å². The molecule has 0 unspecified atom stereocenters. The van der Waals surface area contributed by atoms with Crippen molar-refractivity contribution in [3.05, 3.63) is 54.0 Å². The molecule has 1 heterocycles. The van der Waals surface area contributed by atoms with Gasteiger partial charge in [0.25, 0.3) is 0 Å². The number of amides is 1. The Labute approximate surface area is 201 Å². The van der Waals surface area contributed by atoms with Gasteiger partial charge in [0.1, 0.15) is 17.1 Å². The summed E-state index contributed by atoms with van der Waals surface area (Å²) in [6.45, 7) is 7.60. The molecule has 0 fully saturated rings. The molecule has 172 valence electrons. The van der Waals surface area contributed by atoms with Gasteiger partial charge in [0.2, 0.25) is 0 Å².